The predicted molar refractivity (Wildman–Crippen MR) is 65.8 cm³/mol. The second-order valence-corrected chi connectivity index (χ2v) is 5.19. The lowest BCUT2D eigenvalue weighted by Gasteiger charge is -2.21. The lowest BCUT2D eigenvalue weighted by molar-refractivity contribution is 0.0381. The number of aliphatic hydroxyl groups is 1. The molecule has 2 rings (SSSR count). The Morgan fingerprint density at radius 2 is 2.50 bits per heavy atom. The van der Waals surface area contributed by atoms with E-state index in [1.807, 2.05) is 0 Å². The molecular formula is C10H12BrClN2O2. The molecule has 1 aliphatic heterocycles. The minimum atomic E-state index is -0.807. The van der Waals surface area contributed by atoms with Gasteiger partial charge in [0.2, 0.25) is 0 Å². The summed E-state index contributed by atoms with van der Waals surface area (Å²) in [6, 6.07) is 1.76. The van der Waals surface area contributed by atoms with Gasteiger partial charge >= 0.3 is 0 Å². The van der Waals surface area contributed by atoms with Gasteiger partial charge in [-0.05, 0) is 22.0 Å². The zero-order valence-corrected chi connectivity index (χ0v) is 10.9. The molecule has 1 atom stereocenters. The van der Waals surface area contributed by atoms with Crippen LogP contribution in [0.3, 0.4) is 0 Å². The molecule has 88 valence electrons. The normalized spacial score (nSPS) is 24.7. The maximum absolute atomic E-state index is 10.0. The molecule has 0 aromatic carbocycles. The highest BCUT2D eigenvalue weighted by Gasteiger charge is 2.32. The first-order valence-electron chi connectivity index (χ1n) is 4.94. The van der Waals surface area contributed by atoms with Gasteiger partial charge in [0, 0.05) is 30.2 Å². The van der Waals surface area contributed by atoms with Crippen molar-refractivity contribution in [3.8, 4) is 0 Å². The molecule has 1 saturated heterocycles. The van der Waals surface area contributed by atoms with E-state index in [1.165, 1.54) is 0 Å². The van der Waals surface area contributed by atoms with Gasteiger partial charge in [-0.15, -0.1) is 0 Å². The van der Waals surface area contributed by atoms with Crippen molar-refractivity contribution in [3.63, 3.8) is 0 Å². The fourth-order valence-corrected chi connectivity index (χ4v) is 2.23. The molecule has 4 nitrogen and oxygen atoms in total. The number of anilines is 1. The van der Waals surface area contributed by atoms with Crippen molar-refractivity contribution in [2.24, 2.45) is 0 Å². The molecule has 1 fully saturated rings. The van der Waals surface area contributed by atoms with Crippen molar-refractivity contribution in [2.75, 3.05) is 25.1 Å². The first kappa shape index (κ1) is 12.1. The first-order chi connectivity index (χ1) is 7.59. The van der Waals surface area contributed by atoms with Crippen LogP contribution in [0.15, 0.2) is 16.7 Å². The third-order valence-corrected chi connectivity index (χ3v) is 3.20. The first-order valence-corrected chi connectivity index (χ1v) is 6.11. The van der Waals surface area contributed by atoms with Gasteiger partial charge in [-0.2, -0.15) is 0 Å². The number of aromatic nitrogens is 1. The fraction of sp³-hybridized carbons (Fsp3) is 0.500. The molecule has 16 heavy (non-hydrogen) atoms. The van der Waals surface area contributed by atoms with Crippen LogP contribution < -0.4 is 5.32 Å². The van der Waals surface area contributed by atoms with Crippen LogP contribution in [0.4, 0.5) is 5.82 Å². The number of hydrogen-bond donors (Lipinski definition) is 2. The van der Waals surface area contributed by atoms with Crippen molar-refractivity contribution < 1.29 is 9.84 Å². The van der Waals surface area contributed by atoms with Crippen LogP contribution in [0.1, 0.15) is 6.42 Å². The molecule has 6 heteroatoms. The van der Waals surface area contributed by atoms with Crippen LogP contribution in [-0.4, -0.2) is 35.5 Å². The van der Waals surface area contributed by atoms with Gasteiger partial charge in [-0.1, -0.05) is 11.6 Å². The summed E-state index contributed by atoms with van der Waals surface area (Å²) in [5, 5.41) is 13.6. The third kappa shape index (κ3) is 2.85. The number of hydrogen-bond acceptors (Lipinski definition) is 4. The maximum atomic E-state index is 10.0. The molecule has 0 saturated carbocycles. The third-order valence-electron chi connectivity index (χ3n) is 2.48. The Balaban J connectivity index is 1.99. The number of halogens is 2. The highest BCUT2D eigenvalue weighted by molar-refractivity contribution is 9.10. The van der Waals surface area contributed by atoms with E-state index in [0.29, 0.717) is 37.0 Å². The van der Waals surface area contributed by atoms with Crippen LogP contribution in [0.25, 0.3) is 0 Å². The molecule has 1 unspecified atom stereocenters. The lowest BCUT2D eigenvalue weighted by atomic mass is 10.0. The molecule has 2 N–H and O–H groups in total. The monoisotopic (exact) mass is 306 g/mol. The minimum Gasteiger partial charge on any atom is -0.386 e. The second-order valence-electron chi connectivity index (χ2n) is 3.86. The van der Waals surface area contributed by atoms with E-state index in [2.05, 4.69) is 26.2 Å². The van der Waals surface area contributed by atoms with Gasteiger partial charge in [0.15, 0.2) is 0 Å². The Bertz CT molecular complexity index is 383. The molecule has 1 aromatic heterocycles. The summed E-state index contributed by atoms with van der Waals surface area (Å²) in [6.45, 7) is 1.34. The van der Waals surface area contributed by atoms with E-state index in [1.54, 1.807) is 12.3 Å². The van der Waals surface area contributed by atoms with Crippen molar-refractivity contribution in [3.05, 3.63) is 21.8 Å². The molecule has 2 heterocycles. The van der Waals surface area contributed by atoms with Crippen LogP contribution in [-0.2, 0) is 4.74 Å². The minimum absolute atomic E-state index is 0.355. The Hall–Kier alpha value is -0.360. The topological polar surface area (TPSA) is 54.4 Å². The van der Waals surface area contributed by atoms with Crippen LogP contribution in [0.5, 0.6) is 0 Å². The van der Waals surface area contributed by atoms with E-state index in [-0.39, 0.29) is 0 Å². The van der Waals surface area contributed by atoms with E-state index >= 15 is 0 Å². The average molecular weight is 308 g/mol. The van der Waals surface area contributed by atoms with Crippen LogP contribution in [0.2, 0.25) is 5.02 Å². The fourth-order valence-electron chi connectivity index (χ4n) is 1.53. The molecule has 0 spiro atoms. The number of nitrogens with one attached hydrogen (secondary N) is 1. The largest absolute Gasteiger partial charge is 0.386 e. The number of ether oxygens (including phenoxy) is 1. The molecule has 0 radical (unpaired) electrons. The van der Waals surface area contributed by atoms with Gasteiger partial charge in [-0.25, -0.2) is 4.98 Å². The van der Waals surface area contributed by atoms with Gasteiger partial charge in [0.25, 0.3) is 0 Å². The summed E-state index contributed by atoms with van der Waals surface area (Å²) in [5.74, 6) is 0.574. The van der Waals surface area contributed by atoms with Crippen molar-refractivity contribution in [1.82, 2.24) is 4.98 Å². The predicted octanol–water partition coefficient (Wildman–Crippen LogP) is 2.06. The van der Waals surface area contributed by atoms with E-state index < -0.39 is 5.60 Å². The molecule has 1 aromatic rings. The summed E-state index contributed by atoms with van der Waals surface area (Å²) >= 11 is 9.27. The summed E-state index contributed by atoms with van der Waals surface area (Å²) in [5.41, 5.74) is -0.807. The van der Waals surface area contributed by atoms with Crippen molar-refractivity contribution in [2.45, 2.75) is 12.0 Å². The zero-order chi connectivity index (χ0) is 11.6. The number of nitrogens with zero attached hydrogens (tertiary/aromatic N) is 1. The highest BCUT2D eigenvalue weighted by Crippen LogP contribution is 2.24. The molecule has 1 aliphatic rings. The Morgan fingerprint density at radius 3 is 3.12 bits per heavy atom. The highest BCUT2D eigenvalue weighted by atomic mass is 79.9. The second kappa shape index (κ2) is 4.87. The van der Waals surface area contributed by atoms with Crippen LogP contribution >= 0.6 is 27.5 Å². The molecule has 0 bridgehead atoms. The Morgan fingerprint density at radius 1 is 1.69 bits per heavy atom. The van der Waals surface area contributed by atoms with Crippen molar-refractivity contribution in [1.29, 1.82) is 0 Å². The van der Waals surface area contributed by atoms with Crippen LogP contribution in [0, 0.1) is 0 Å². The van der Waals surface area contributed by atoms with Gasteiger partial charge < -0.3 is 15.2 Å². The summed E-state index contributed by atoms with van der Waals surface area (Å²) in [6.07, 6.45) is 2.29. The molecule has 0 amide bonds. The SMILES string of the molecule is OC1(CNc2ncc(Br)cc2Cl)CCOC1. The van der Waals surface area contributed by atoms with E-state index in [0.717, 1.165) is 4.47 Å². The summed E-state index contributed by atoms with van der Waals surface area (Å²) < 4.78 is 5.97. The smallest absolute Gasteiger partial charge is 0.144 e. The van der Waals surface area contributed by atoms with Gasteiger partial charge in [0.05, 0.1) is 11.6 Å². The van der Waals surface area contributed by atoms with Crippen molar-refractivity contribution >= 4 is 33.3 Å². The van der Waals surface area contributed by atoms with E-state index in [4.69, 9.17) is 16.3 Å². The van der Waals surface area contributed by atoms with E-state index in [9.17, 15) is 5.11 Å². The maximum Gasteiger partial charge on any atom is 0.144 e. The quantitative estimate of drug-likeness (QED) is 0.897. The molecular weight excluding hydrogens is 295 g/mol. The summed E-state index contributed by atoms with van der Waals surface area (Å²) in [7, 11) is 0. The molecule has 0 aliphatic carbocycles. The lowest BCUT2D eigenvalue weighted by Crippen LogP contribution is -2.37. The zero-order valence-electron chi connectivity index (χ0n) is 8.54. The number of pyridine rings is 1. The standard InChI is InChI=1S/C10H12BrClN2O2/c11-7-3-8(12)9(13-4-7)14-5-10(15)1-2-16-6-10/h3-4,15H,1-2,5-6H2,(H,13,14). The average Bonchev–Trinajstić information content (AvgIpc) is 2.64. The number of rotatable bonds is 3. The Labute approximate surface area is 107 Å². The summed E-state index contributed by atoms with van der Waals surface area (Å²) in [4.78, 5) is 4.13. The Kier molecular flexibility index (Phi) is 3.69. The van der Waals surface area contributed by atoms with Gasteiger partial charge in [-0.3, -0.25) is 0 Å². The van der Waals surface area contributed by atoms with Gasteiger partial charge in [0.1, 0.15) is 11.4 Å².